The summed E-state index contributed by atoms with van der Waals surface area (Å²) in [4.78, 5) is 18.6. The van der Waals surface area contributed by atoms with Crippen molar-refractivity contribution in [3.63, 3.8) is 0 Å². The Hall–Kier alpha value is -0.810. The molecule has 0 aliphatic heterocycles. The minimum Gasteiger partial charge on any atom is -0.325 e. The van der Waals surface area contributed by atoms with E-state index in [1.165, 1.54) is 0 Å². The Morgan fingerprint density at radius 1 is 1.53 bits per heavy atom. The lowest BCUT2D eigenvalue weighted by molar-refractivity contribution is -0.105. The maximum absolute atomic E-state index is 10.3. The summed E-state index contributed by atoms with van der Waals surface area (Å²) in [6, 6.07) is 0. The number of aromatic nitrogens is 2. The van der Waals surface area contributed by atoms with E-state index < -0.39 is 0 Å². The minimum atomic E-state index is 0.285. The molecule has 0 saturated heterocycles. The zero-order chi connectivity index (χ0) is 11.3. The van der Waals surface area contributed by atoms with Crippen molar-refractivity contribution >= 4 is 35.5 Å². The molecule has 0 aliphatic rings. The molecule has 82 valence electrons. The van der Waals surface area contributed by atoms with E-state index in [0.717, 1.165) is 12.2 Å². The molecular weight excluding hydrogens is 234 g/mol. The van der Waals surface area contributed by atoms with Crippen LogP contribution in [0.5, 0.6) is 0 Å². The lowest BCUT2D eigenvalue weighted by Crippen LogP contribution is -2.02. The highest BCUT2D eigenvalue weighted by Gasteiger charge is 2.09. The Labute approximate surface area is 97.8 Å². The van der Waals surface area contributed by atoms with Crippen LogP contribution in [-0.4, -0.2) is 22.1 Å². The topological polar surface area (TPSA) is 54.9 Å². The number of thioether (sulfide) groups is 1. The maximum atomic E-state index is 10.3. The molecule has 0 aliphatic carbocycles. The zero-order valence-electron chi connectivity index (χ0n) is 8.58. The van der Waals surface area contributed by atoms with E-state index in [-0.39, 0.29) is 5.15 Å². The van der Waals surface area contributed by atoms with Gasteiger partial charge >= 0.3 is 0 Å². The molecule has 1 amide bonds. The number of hydrogen-bond acceptors (Lipinski definition) is 4. The van der Waals surface area contributed by atoms with Gasteiger partial charge in [0.1, 0.15) is 5.69 Å². The summed E-state index contributed by atoms with van der Waals surface area (Å²) >= 11 is 7.46. The summed E-state index contributed by atoms with van der Waals surface area (Å²) in [6.07, 6.45) is 1.62. The number of carbonyl (C=O) groups is 1. The quantitative estimate of drug-likeness (QED) is 0.375. The van der Waals surface area contributed by atoms with Gasteiger partial charge in [0.05, 0.1) is 5.69 Å². The molecule has 0 spiro atoms. The third-order valence-electron chi connectivity index (χ3n) is 1.66. The average molecular weight is 246 g/mol. The van der Waals surface area contributed by atoms with Crippen LogP contribution < -0.4 is 5.32 Å². The van der Waals surface area contributed by atoms with E-state index in [4.69, 9.17) is 11.6 Å². The Kier molecular flexibility index (Phi) is 4.84. The van der Waals surface area contributed by atoms with Crippen LogP contribution in [0.15, 0.2) is 5.16 Å². The van der Waals surface area contributed by atoms with Crippen molar-refractivity contribution in [1.82, 2.24) is 9.97 Å². The van der Waals surface area contributed by atoms with Crippen LogP contribution in [-0.2, 0) is 4.79 Å². The number of carbonyl (C=O) groups excluding carboxylic acids is 1. The van der Waals surface area contributed by atoms with E-state index >= 15 is 0 Å². The molecule has 0 bridgehead atoms. The summed E-state index contributed by atoms with van der Waals surface area (Å²) in [5.41, 5.74) is 1.16. The lowest BCUT2D eigenvalue weighted by Gasteiger charge is -2.07. The van der Waals surface area contributed by atoms with Gasteiger partial charge in [0.15, 0.2) is 10.3 Å². The first-order valence-electron chi connectivity index (χ1n) is 4.56. The molecule has 6 heteroatoms. The Balaban J connectivity index is 2.91. The number of nitrogens with zero attached hydrogens (tertiary/aromatic N) is 2. The number of rotatable bonds is 5. The van der Waals surface area contributed by atoms with Gasteiger partial charge in [-0.25, -0.2) is 9.97 Å². The molecule has 1 heterocycles. The predicted molar refractivity (Wildman–Crippen MR) is 62.5 cm³/mol. The van der Waals surface area contributed by atoms with Crippen LogP contribution in [0.2, 0.25) is 5.15 Å². The van der Waals surface area contributed by atoms with Crippen LogP contribution in [0.1, 0.15) is 19.0 Å². The van der Waals surface area contributed by atoms with Gasteiger partial charge in [0.2, 0.25) is 6.41 Å². The van der Waals surface area contributed by atoms with E-state index in [2.05, 4.69) is 22.2 Å². The highest BCUT2D eigenvalue weighted by Crippen LogP contribution is 2.25. The number of hydrogen-bond donors (Lipinski definition) is 1. The van der Waals surface area contributed by atoms with Gasteiger partial charge in [-0.3, -0.25) is 4.79 Å². The van der Waals surface area contributed by atoms with Gasteiger partial charge in [0.25, 0.3) is 0 Å². The summed E-state index contributed by atoms with van der Waals surface area (Å²) in [5.74, 6) is 0.955. The molecule has 0 unspecified atom stereocenters. The fraction of sp³-hybridized carbons (Fsp3) is 0.444. The Morgan fingerprint density at radius 2 is 2.27 bits per heavy atom. The molecular formula is C9H12ClN3OS. The molecule has 4 nitrogen and oxygen atoms in total. The van der Waals surface area contributed by atoms with Crippen LogP contribution in [0, 0.1) is 6.92 Å². The molecule has 1 rings (SSSR count). The van der Waals surface area contributed by atoms with Gasteiger partial charge in [0, 0.05) is 5.75 Å². The SMILES string of the molecule is CCCSc1nc(C)c(NC=O)c(Cl)n1. The van der Waals surface area contributed by atoms with Crippen molar-refractivity contribution in [2.75, 3.05) is 11.1 Å². The highest BCUT2D eigenvalue weighted by atomic mass is 35.5. The van der Waals surface area contributed by atoms with Crippen molar-refractivity contribution in [3.05, 3.63) is 10.8 Å². The smallest absolute Gasteiger partial charge is 0.211 e. The van der Waals surface area contributed by atoms with Crippen molar-refractivity contribution < 1.29 is 4.79 Å². The number of nitrogens with one attached hydrogen (secondary N) is 1. The van der Waals surface area contributed by atoms with Crippen LogP contribution in [0.25, 0.3) is 0 Å². The van der Waals surface area contributed by atoms with Crippen molar-refractivity contribution in [3.8, 4) is 0 Å². The summed E-state index contributed by atoms with van der Waals surface area (Å²) in [7, 11) is 0. The first-order chi connectivity index (χ1) is 7.19. The number of amides is 1. The Bertz CT molecular complexity index is 336. The molecule has 0 radical (unpaired) electrons. The number of anilines is 1. The molecule has 1 aromatic rings. The van der Waals surface area contributed by atoms with E-state index in [1.807, 2.05) is 0 Å². The van der Waals surface area contributed by atoms with Gasteiger partial charge in [-0.05, 0) is 13.3 Å². The first-order valence-corrected chi connectivity index (χ1v) is 5.92. The van der Waals surface area contributed by atoms with Crippen LogP contribution in [0.3, 0.4) is 0 Å². The van der Waals surface area contributed by atoms with Crippen molar-refractivity contribution in [2.24, 2.45) is 0 Å². The standard InChI is InChI=1S/C9H12ClN3OS/c1-3-4-15-9-12-6(2)7(11-5-14)8(10)13-9/h5H,3-4H2,1-2H3,(H,11,14). The third-order valence-corrected chi connectivity index (χ3v) is 2.99. The molecule has 0 fully saturated rings. The lowest BCUT2D eigenvalue weighted by atomic mass is 10.4. The first kappa shape index (κ1) is 12.3. The van der Waals surface area contributed by atoms with Crippen LogP contribution >= 0.6 is 23.4 Å². The molecule has 1 aromatic heterocycles. The molecule has 0 saturated carbocycles. The summed E-state index contributed by atoms with van der Waals surface area (Å²) in [6.45, 7) is 3.87. The second-order valence-corrected chi connectivity index (χ2v) is 4.29. The second-order valence-electron chi connectivity index (χ2n) is 2.87. The fourth-order valence-electron chi connectivity index (χ4n) is 0.994. The largest absolute Gasteiger partial charge is 0.325 e. The Morgan fingerprint density at radius 3 is 2.80 bits per heavy atom. The van der Waals surface area contributed by atoms with E-state index in [1.54, 1.807) is 18.7 Å². The third kappa shape index (κ3) is 3.35. The van der Waals surface area contributed by atoms with Crippen LogP contribution in [0.4, 0.5) is 5.69 Å². The van der Waals surface area contributed by atoms with E-state index in [0.29, 0.717) is 22.9 Å². The van der Waals surface area contributed by atoms with Gasteiger partial charge < -0.3 is 5.32 Å². The van der Waals surface area contributed by atoms with Gasteiger partial charge in [-0.15, -0.1) is 0 Å². The average Bonchev–Trinajstić information content (AvgIpc) is 2.20. The second kappa shape index (κ2) is 5.92. The van der Waals surface area contributed by atoms with E-state index in [9.17, 15) is 4.79 Å². The van der Waals surface area contributed by atoms with Gasteiger partial charge in [-0.2, -0.15) is 0 Å². The maximum Gasteiger partial charge on any atom is 0.211 e. The molecule has 0 aromatic carbocycles. The van der Waals surface area contributed by atoms with Crippen molar-refractivity contribution in [2.45, 2.75) is 25.4 Å². The molecule has 15 heavy (non-hydrogen) atoms. The predicted octanol–water partition coefficient (Wildman–Crippen LogP) is 2.51. The highest BCUT2D eigenvalue weighted by molar-refractivity contribution is 7.99. The summed E-state index contributed by atoms with van der Waals surface area (Å²) in [5, 5.41) is 3.41. The number of aryl methyl sites for hydroxylation is 1. The van der Waals surface area contributed by atoms with Gasteiger partial charge in [-0.1, -0.05) is 30.3 Å². The zero-order valence-corrected chi connectivity index (χ0v) is 10.2. The normalized spacial score (nSPS) is 10.1. The van der Waals surface area contributed by atoms with Crippen molar-refractivity contribution in [1.29, 1.82) is 0 Å². The monoisotopic (exact) mass is 245 g/mol. The fourth-order valence-corrected chi connectivity index (χ4v) is 2.06. The minimum absolute atomic E-state index is 0.285. The number of halogens is 1. The summed E-state index contributed by atoms with van der Waals surface area (Å²) < 4.78 is 0. The molecule has 1 N–H and O–H groups in total. The molecule has 0 atom stereocenters.